The predicted octanol–water partition coefficient (Wildman–Crippen LogP) is 3.59. The van der Waals surface area contributed by atoms with Crippen molar-refractivity contribution in [2.24, 2.45) is 0 Å². The average molecular weight is 292 g/mol. The summed E-state index contributed by atoms with van der Waals surface area (Å²) in [5.41, 5.74) is 0.688. The molecule has 1 aromatic rings. The average Bonchev–Trinajstić information content (AvgIpc) is 2.22. The molecule has 3 nitrogen and oxygen atoms in total. The Bertz CT molecular complexity index is 370. The molecule has 0 unspecified atom stereocenters. The van der Waals surface area contributed by atoms with Crippen molar-refractivity contribution in [1.82, 2.24) is 4.90 Å². The first-order chi connectivity index (χ1) is 7.04. The van der Waals surface area contributed by atoms with Gasteiger partial charge in [-0.1, -0.05) is 11.6 Å². The Kier molecular flexibility index (Phi) is 4.42. The molecule has 2 amide bonds. The number of anilines is 1. The zero-order valence-corrected chi connectivity index (χ0v) is 10.9. The van der Waals surface area contributed by atoms with Crippen LogP contribution in [0.3, 0.4) is 0 Å². The topological polar surface area (TPSA) is 32.3 Å². The second-order valence-electron chi connectivity index (χ2n) is 3.07. The van der Waals surface area contributed by atoms with Gasteiger partial charge in [0.1, 0.15) is 0 Å². The second kappa shape index (κ2) is 5.37. The van der Waals surface area contributed by atoms with Crippen molar-refractivity contribution in [1.29, 1.82) is 0 Å². The quantitative estimate of drug-likeness (QED) is 0.887. The number of amides is 2. The maximum Gasteiger partial charge on any atom is 0.321 e. The molecule has 0 aromatic heterocycles. The molecular formula is C10H12BrClN2O. The van der Waals surface area contributed by atoms with E-state index in [0.29, 0.717) is 17.3 Å². The number of hydrogen-bond donors (Lipinski definition) is 1. The van der Waals surface area contributed by atoms with E-state index in [1.54, 1.807) is 30.1 Å². The SMILES string of the molecule is CCN(C)C(=O)Nc1ccc(Br)c(Cl)c1. The van der Waals surface area contributed by atoms with Crippen molar-refractivity contribution in [2.75, 3.05) is 18.9 Å². The molecular weight excluding hydrogens is 279 g/mol. The minimum absolute atomic E-state index is 0.143. The van der Waals surface area contributed by atoms with E-state index >= 15 is 0 Å². The molecule has 5 heteroatoms. The minimum Gasteiger partial charge on any atom is -0.328 e. The third kappa shape index (κ3) is 3.39. The van der Waals surface area contributed by atoms with Crippen LogP contribution in [0.1, 0.15) is 6.92 Å². The third-order valence-electron chi connectivity index (χ3n) is 1.99. The fourth-order valence-electron chi connectivity index (χ4n) is 0.936. The van der Waals surface area contributed by atoms with E-state index in [1.165, 1.54) is 0 Å². The largest absolute Gasteiger partial charge is 0.328 e. The van der Waals surface area contributed by atoms with Gasteiger partial charge in [-0.25, -0.2) is 4.79 Å². The van der Waals surface area contributed by atoms with E-state index in [0.717, 1.165) is 4.47 Å². The highest BCUT2D eigenvalue weighted by molar-refractivity contribution is 9.10. The number of carbonyl (C=O) groups excluding carboxylic acids is 1. The van der Waals surface area contributed by atoms with E-state index in [9.17, 15) is 4.79 Å². The van der Waals surface area contributed by atoms with Crippen LogP contribution in [0.15, 0.2) is 22.7 Å². The van der Waals surface area contributed by atoms with Crippen LogP contribution in [-0.2, 0) is 0 Å². The molecule has 0 radical (unpaired) electrons. The summed E-state index contributed by atoms with van der Waals surface area (Å²) < 4.78 is 0.811. The van der Waals surface area contributed by atoms with Crippen LogP contribution in [0, 0.1) is 0 Å². The molecule has 82 valence electrons. The maximum atomic E-state index is 11.5. The summed E-state index contributed by atoms with van der Waals surface area (Å²) in [5, 5.41) is 3.32. The lowest BCUT2D eigenvalue weighted by molar-refractivity contribution is 0.224. The number of benzene rings is 1. The van der Waals surface area contributed by atoms with Crippen molar-refractivity contribution in [3.05, 3.63) is 27.7 Å². The Morgan fingerprint density at radius 1 is 1.60 bits per heavy atom. The first kappa shape index (κ1) is 12.3. The normalized spacial score (nSPS) is 9.87. The highest BCUT2D eigenvalue weighted by Gasteiger charge is 2.07. The Hall–Kier alpha value is -0.740. The van der Waals surface area contributed by atoms with E-state index in [-0.39, 0.29) is 6.03 Å². The standard InChI is InChI=1S/C10H12BrClN2O/c1-3-14(2)10(15)13-7-4-5-8(11)9(12)6-7/h4-6H,3H2,1-2H3,(H,13,15). The van der Waals surface area contributed by atoms with Crippen LogP contribution in [-0.4, -0.2) is 24.5 Å². The summed E-state index contributed by atoms with van der Waals surface area (Å²) in [6.07, 6.45) is 0. The number of carbonyl (C=O) groups is 1. The zero-order valence-electron chi connectivity index (χ0n) is 8.55. The van der Waals surface area contributed by atoms with Crippen LogP contribution in [0.5, 0.6) is 0 Å². The molecule has 0 saturated heterocycles. The third-order valence-corrected chi connectivity index (χ3v) is 3.22. The molecule has 0 atom stereocenters. The van der Waals surface area contributed by atoms with Gasteiger partial charge in [0, 0.05) is 23.8 Å². The first-order valence-corrected chi connectivity index (χ1v) is 5.69. The highest BCUT2D eigenvalue weighted by Crippen LogP contribution is 2.25. The lowest BCUT2D eigenvalue weighted by atomic mass is 10.3. The number of rotatable bonds is 2. The molecule has 15 heavy (non-hydrogen) atoms. The molecule has 0 aliphatic heterocycles. The molecule has 0 spiro atoms. The number of halogens is 2. The van der Waals surface area contributed by atoms with Gasteiger partial charge in [0.25, 0.3) is 0 Å². The summed E-state index contributed by atoms with van der Waals surface area (Å²) in [5.74, 6) is 0. The smallest absolute Gasteiger partial charge is 0.321 e. The molecule has 1 aromatic carbocycles. The van der Waals surface area contributed by atoms with Gasteiger partial charge in [0.05, 0.1) is 5.02 Å². The van der Waals surface area contributed by atoms with Crippen LogP contribution < -0.4 is 5.32 Å². The predicted molar refractivity (Wildman–Crippen MR) is 66.5 cm³/mol. The van der Waals surface area contributed by atoms with Crippen LogP contribution in [0.4, 0.5) is 10.5 Å². The summed E-state index contributed by atoms with van der Waals surface area (Å²) >= 11 is 9.18. The number of nitrogens with one attached hydrogen (secondary N) is 1. The summed E-state index contributed by atoms with van der Waals surface area (Å²) in [6, 6.07) is 5.14. The summed E-state index contributed by atoms with van der Waals surface area (Å²) in [4.78, 5) is 13.1. The van der Waals surface area contributed by atoms with Gasteiger partial charge >= 0.3 is 6.03 Å². The Morgan fingerprint density at radius 3 is 2.80 bits per heavy atom. The van der Waals surface area contributed by atoms with E-state index in [1.807, 2.05) is 6.92 Å². The van der Waals surface area contributed by atoms with E-state index < -0.39 is 0 Å². The van der Waals surface area contributed by atoms with Gasteiger partial charge in [0.2, 0.25) is 0 Å². The minimum atomic E-state index is -0.143. The van der Waals surface area contributed by atoms with E-state index in [4.69, 9.17) is 11.6 Å². The fraction of sp³-hybridized carbons (Fsp3) is 0.300. The van der Waals surface area contributed by atoms with Gasteiger partial charge in [-0.3, -0.25) is 0 Å². The van der Waals surface area contributed by atoms with Gasteiger partial charge in [-0.15, -0.1) is 0 Å². The maximum absolute atomic E-state index is 11.5. The fourth-order valence-corrected chi connectivity index (χ4v) is 1.36. The molecule has 1 N–H and O–H groups in total. The number of urea groups is 1. The number of hydrogen-bond acceptors (Lipinski definition) is 1. The van der Waals surface area contributed by atoms with Gasteiger partial charge in [-0.05, 0) is 41.1 Å². The van der Waals surface area contributed by atoms with Gasteiger partial charge in [0.15, 0.2) is 0 Å². The molecule has 0 aliphatic carbocycles. The molecule has 0 saturated carbocycles. The van der Waals surface area contributed by atoms with Crippen molar-refractivity contribution in [2.45, 2.75) is 6.92 Å². The summed E-state index contributed by atoms with van der Waals surface area (Å²) in [7, 11) is 1.73. The summed E-state index contributed by atoms with van der Waals surface area (Å²) in [6.45, 7) is 2.57. The molecule has 0 bridgehead atoms. The van der Waals surface area contributed by atoms with Gasteiger partial charge < -0.3 is 10.2 Å². The van der Waals surface area contributed by atoms with Crippen molar-refractivity contribution < 1.29 is 4.79 Å². The Morgan fingerprint density at radius 2 is 2.27 bits per heavy atom. The molecule has 0 fully saturated rings. The lowest BCUT2D eigenvalue weighted by Crippen LogP contribution is -2.30. The molecule has 0 aliphatic rings. The van der Waals surface area contributed by atoms with Crippen molar-refractivity contribution in [3.8, 4) is 0 Å². The highest BCUT2D eigenvalue weighted by atomic mass is 79.9. The van der Waals surface area contributed by atoms with Crippen molar-refractivity contribution in [3.63, 3.8) is 0 Å². The van der Waals surface area contributed by atoms with Crippen LogP contribution in [0.2, 0.25) is 5.02 Å². The Balaban J connectivity index is 2.73. The van der Waals surface area contributed by atoms with Crippen LogP contribution >= 0.6 is 27.5 Å². The zero-order chi connectivity index (χ0) is 11.4. The van der Waals surface area contributed by atoms with Gasteiger partial charge in [-0.2, -0.15) is 0 Å². The second-order valence-corrected chi connectivity index (χ2v) is 4.33. The number of nitrogens with zero attached hydrogens (tertiary/aromatic N) is 1. The van der Waals surface area contributed by atoms with E-state index in [2.05, 4.69) is 21.2 Å². The monoisotopic (exact) mass is 290 g/mol. The lowest BCUT2D eigenvalue weighted by Gasteiger charge is -2.15. The molecule has 0 heterocycles. The van der Waals surface area contributed by atoms with Crippen molar-refractivity contribution >= 4 is 39.2 Å². The molecule has 1 rings (SSSR count). The first-order valence-electron chi connectivity index (χ1n) is 4.51. The Labute approximate surface area is 103 Å². The van der Waals surface area contributed by atoms with Crippen LogP contribution in [0.25, 0.3) is 0 Å².